The Morgan fingerprint density at radius 3 is 2.83 bits per heavy atom. The van der Waals surface area contributed by atoms with E-state index in [4.69, 9.17) is 9.47 Å². The Kier molecular flexibility index (Phi) is 7.87. The van der Waals surface area contributed by atoms with E-state index < -0.39 is 0 Å². The predicted octanol–water partition coefficient (Wildman–Crippen LogP) is 3.33. The lowest BCUT2D eigenvalue weighted by Crippen LogP contribution is -2.38. The molecule has 3 aliphatic rings. The molecule has 2 aliphatic heterocycles. The van der Waals surface area contributed by atoms with Crippen molar-refractivity contribution in [3.8, 4) is 5.75 Å². The van der Waals surface area contributed by atoms with E-state index >= 15 is 0 Å². The highest BCUT2D eigenvalue weighted by Gasteiger charge is 2.35. The quantitative estimate of drug-likeness (QED) is 0.583. The second-order valence-corrected chi connectivity index (χ2v) is 10.2. The molecule has 0 radical (unpaired) electrons. The molecule has 192 valence electrons. The van der Waals surface area contributed by atoms with Crippen LogP contribution in [-0.4, -0.2) is 62.7 Å². The van der Waals surface area contributed by atoms with E-state index in [2.05, 4.69) is 29.4 Å². The Hall–Kier alpha value is -2.90. The van der Waals surface area contributed by atoms with Crippen LogP contribution in [0.4, 0.5) is 5.69 Å². The van der Waals surface area contributed by atoms with E-state index in [1.54, 1.807) is 4.90 Å². The van der Waals surface area contributed by atoms with Crippen molar-refractivity contribution in [1.29, 1.82) is 0 Å². The zero-order valence-corrected chi connectivity index (χ0v) is 21.2. The molecule has 1 atom stereocenters. The maximum Gasteiger partial charge on any atom is 0.227 e. The summed E-state index contributed by atoms with van der Waals surface area (Å²) in [7, 11) is 2.14. The molecule has 0 bridgehead atoms. The first kappa shape index (κ1) is 24.8. The number of amides is 2. The largest absolute Gasteiger partial charge is 0.492 e. The van der Waals surface area contributed by atoms with Gasteiger partial charge in [-0.2, -0.15) is 0 Å². The highest BCUT2D eigenvalue weighted by atomic mass is 16.5. The summed E-state index contributed by atoms with van der Waals surface area (Å²) in [6.07, 6.45) is 5.77. The number of hydrogen-bond acceptors (Lipinski definition) is 5. The Morgan fingerprint density at radius 2 is 1.97 bits per heavy atom. The molecule has 0 spiro atoms. The van der Waals surface area contributed by atoms with Gasteiger partial charge in [0.25, 0.3) is 0 Å². The zero-order chi connectivity index (χ0) is 24.9. The molecule has 0 aromatic heterocycles. The van der Waals surface area contributed by atoms with Crippen molar-refractivity contribution in [2.45, 2.75) is 51.1 Å². The van der Waals surface area contributed by atoms with Gasteiger partial charge in [0.15, 0.2) is 0 Å². The monoisotopic (exact) mass is 491 g/mol. The van der Waals surface area contributed by atoms with Crippen LogP contribution in [0.2, 0.25) is 0 Å². The number of benzene rings is 2. The van der Waals surface area contributed by atoms with Crippen LogP contribution in [0.15, 0.2) is 42.5 Å². The fraction of sp³-hybridized carbons (Fsp3) is 0.517. The maximum absolute atomic E-state index is 12.9. The van der Waals surface area contributed by atoms with E-state index in [-0.39, 0.29) is 24.2 Å². The van der Waals surface area contributed by atoms with Crippen molar-refractivity contribution in [2.24, 2.45) is 5.92 Å². The van der Waals surface area contributed by atoms with Gasteiger partial charge in [0.1, 0.15) is 12.4 Å². The molecule has 5 rings (SSSR count). The number of nitrogens with zero attached hydrogens (tertiary/aromatic N) is 2. The molecule has 2 saturated heterocycles. The van der Waals surface area contributed by atoms with Crippen LogP contribution in [0.5, 0.6) is 5.75 Å². The molecule has 2 amide bonds. The summed E-state index contributed by atoms with van der Waals surface area (Å²) in [5.41, 5.74) is 4.63. The summed E-state index contributed by atoms with van der Waals surface area (Å²) in [6.45, 7) is 4.01. The smallest absolute Gasteiger partial charge is 0.227 e. The minimum Gasteiger partial charge on any atom is -0.492 e. The van der Waals surface area contributed by atoms with Crippen molar-refractivity contribution in [3.63, 3.8) is 0 Å². The molecule has 7 nitrogen and oxygen atoms in total. The Morgan fingerprint density at radius 1 is 1.14 bits per heavy atom. The normalized spacial score (nSPS) is 20.1. The second kappa shape index (κ2) is 11.4. The third-order valence-corrected chi connectivity index (χ3v) is 7.78. The maximum atomic E-state index is 12.9. The average molecular weight is 492 g/mol. The number of hydrogen-bond donors (Lipinski definition) is 1. The van der Waals surface area contributed by atoms with Gasteiger partial charge in [-0.05, 0) is 80.1 Å². The number of likely N-dealkylation sites (N-methyl/N-ethyl adjacent to an activating group) is 1. The number of fused-ring (bicyclic) bond motifs is 1. The molecule has 2 aromatic carbocycles. The van der Waals surface area contributed by atoms with Crippen molar-refractivity contribution in [2.75, 3.05) is 44.9 Å². The van der Waals surface area contributed by atoms with Gasteiger partial charge in [-0.3, -0.25) is 14.5 Å². The lowest BCUT2D eigenvalue weighted by Gasteiger charge is -2.31. The fourth-order valence-electron chi connectivity index (χ4n) is 5.55. The number of nitrogens with one attached hydrogen (secondary N) is 1. The van der Waals surface area contributed by atoms with E-state index in [1.165, 1.54) is 17.5 Å². The Labute approximate surface area is 213 Å². The summed E-state index contributed by atoms with van der Waals surface area (Å²) in [5, 5.41) is 3.03. The lowest BCUT2D eigenvalue weighted by molar-refractivity contribution is -0.126. The van der Waals surface area contributed by atoms with Gasteiger partial charge in [0.05, 0.1) is 5.92 Å². The summed E-state index contributed by atoms with van der Waals surface area (Å²) >= 11 is 0. The van der Waals surface area contributed by atoms with Crippen molar-refractivity contribution >= 4 is 17.5 Å². The summed E-state index contributed by atoms with van der Waals surface area (Å²) in [4.78, 5) is 29.7. The summed E-state index contributed by atoms with van der Waals surface area (Å²) < 4.78 is 11.4. The minimum absolute atomic E-state index is 0.0224. The Balaban J connectivity index is 1.09. The van der Waals surface area contributed by atoms with Gasteiger partial charge in [-0.15, -0.1) is 0 Å². The SMILES string of the molecule is CN(CCOc1cccc(CNC(=O)C2CC(=O)N(c3ccc4c(c3)CCC4)C2)c1)C1CCOCC1. The molecule has 1 aliphatic carbocycles. The second-order valence-electron chi connectivity index (χ2n) is 10.2. The van der Waals surface area contributed by atoms with Crippen LogP contribution in [0.1, 0.15) is 42.4 Å². The molecule has 1 unspecified atom stereocenters. The number of anilines is 1. The number of carbonyl (C=O) groups excluding carboxylic acids is 2. The van der Waals surface area contributed by atoms with E-state index in [1.807, 2.05) is 30.3 Å². The van der Waals surface area contributed by atoms with Crippen LogP contribution in [0.25, 0.3) is 0 Å². The highest BCUT2D eigenvalue weighted by Crippen LogP contribution is 2.30. The molecule has 2 fully saturated rings. The molecule has 0 saturated carbocycles. The third kappa shape index (κ3) is 5.90. The van der Waals surface area contributed by atoms with Gasteiger partial charge in [-0.25, -0.2) is 0 Å². The summed E-state index contributed by atoms with van der Waals surface area (Å²) in [5.74, 6) is 0.428. The van der Waals surface area contributed by atoms with E-state index in [0.717, 1.165) is 62.4 Å². The predicted molar refractivity (Wildman–Crippen MR) is 139 cm³/mol. The molecule has 7 heteroatoms. The van der Waals surface area contributed by atoms with Crippen LogP contribution >= 0.6 is 0 Å². The number of aryl methyl sites for hydroxylation is 2. The average Bonchev–Trinajstić information content (AvgIpc) is 3.54. The minimum atomic E-state index is -0.328. The first-order valence-electron chi connectivity index (χ1n) is 13.3. The highest BCUT2D eigenvalue weighted by molar-refractivity contribution is 6.00. The molecule has 2 aromatic rings. The Bertz CT molecular complexity index is 1080. The number of carbonyl (C=O) groups is 2. The van der Waals surface area contributed by atoms with Crippen LogP contribution in [0.3, 0.4) is 0 Å². The summed E-state index contributed by atoms with van der Waals surface area (Å²) in [6, 6.07) is 14.7. The fourth-order valence-corrected chi connectivity index (χ4v) is 5.55. The standard InChI is InChI=1S/C29H37N3O4/c1-31(25-10-13-35-14-11-25)12-15-36-27-7-2-4-21(16-27)19-30-29(34)24-18-28(33)32(20-24)26-9-8-22-5-3-6-23(22)17-26/h2,4,7-9,16-17,24-25H,3,5-6,10-15,18-20H2,1H3,(H,30,34). The number of ether oxygens (including phenoxy) is 2. The van der Waals surface area contributed by atoms with Gasteiger partial charge in [-0.1, -0.05) is 18.2 Å². The van der Waals surface area contributed by atoms with Crippen LogP contribution in [-0.2, 0) is 33.7 Å². The van der Waals surface area contributed by atoms with Crippen molar-refractivity contribution < 1.29 is 19.1 Å². The lowest BCUT2D eigenvalue weighted by atomic mass is 10.1. The first-order valence-corrected chi connectivity index (χ1v) is 13.3. The van der Waals surface area contributed by atoms with Crippen LogP contribution < -0.4 is 15.0 Å². The molecular weight excluding hydrogens is 454 g/mol. The van der Waals surface area contributed by atoms with Gasteiger partial charge in [0.2, 0.25) is 11.8 Å². The van der Waals surface area contributed by atoms with Crippen molar-refractivity contribution in [3.05, 3.63) is 59.2 Å². The van der Waals surface area contributed by atoms with Gasteiger partial charge in [0, 0.05) is 51.0 Å². The van der Waals surface area contributed by atoms with E-state index in [0.29, 0.717) is 25.7 Å². The molecule has 36 heavy (non-hydrogen) atoms. The van der Waals surface area contributed by atoms with Crippen LogP contribution in [0, 0.1) is 5.92 Å². The third-order valence-electron chi connectivity index (χ3n) is 7.78. The molecular formula is C29H37N3O4. The topological polar surface area (TPSA) is 71.1 Å². The number of rotatable bonds is 9. The van der Waals surface area contributed by atoms with E-state index in [9.17, 15) is 9.59 Å². The molecule has 1 N–H and O–H groups in total. The first-order chi connectivity index (χ1) is 17.6. The van der Waals surface area contributed by atoms with Gasteiger partial charge >= 0.3 is 0 Å². The zero-order valence-electron chi connectivity index (χ0n) is 21.2. The van der Waals surface area contributed by atoms with Gasteiger partial charge < -0.3 is 19.7 Å². The molecule has 2 heterocycles. The van der Waals surface area contributed by atoms with Crippen molar-refractivity contribution in [1.82, 2.24) is 10.2 Å².